The molecule has 266 valence electrons. The molecule has 8 nitrogen and oxygen atoms in total. The Kier molecular flexibility index (Phi) is 11.6. The number of pyridine rings is 2. The van der Waals surface area contributed by atoms with Gasteiger partial charge in [0.05, 0.1) is 0 Å². The fourth-order valence-corrected chi connectivity index (χ4v) is 5.95. The standard InChI is InChI=1S/C43H32N6O2.2Pd/c1-27(2)29-15-17-45-39(21-29)31-7-5-9-33(19-31)50-35-11-13-37-38-14-12-36(24-42(38)49(41(37)23-35)43-47-25-44-26-48-43)51-34-10-6-8-32(20-34)40-22-30(28(3)4)16-18-46-40;;/h5-18,21-22,25-28H,1-4H3;;/q-4;2*+2. The van der Waals surface area contributed by atoms with Crippen LogP contribution in [0.3, 0.4) is 0 Å². The van der Waals surface area contributed by atoms with Crippen molar-refractivity contribution >= 4 is 21.8 Å². The number of ether oxygens (including phenoxy) is 2. The molecule has 0 N–H and O–H groups in total. The Labute approximate surface area is 336 Å². The van der Waals surface area contributed by atoms with Gasteiger partial charge in [-0.1, -0.05) is 74.1 Å². The quantitative estimate of drug-likeness (QED) is 0.105. The van der Waals surface area contributed by atoms with Crippen molar-refractivity contribution in [3.05, 3.63) is 145 Å². The number of hydrogen-bond acceptors (Lipinski definition) is 7. The van der Waals surface area contributed by atoms with Crippen LogP contribution in [0.2, 0.25) is 0 Å². The molecule has 0 aliphatic rings. The zero-order chi connectivity index (χ0) is 34.9. The molecule has 0 bridgehead atoms. The zero-order valence-electron chi connectivity index (χ0n) is 29.2. The smallest absolute Gasteiger partial charge is 0.503 e. The summed E-state index contributed by atoms with van der Waals surface area (Å²) in [5.74, 6) is 3.32. The van der Waals surface area contributed by atoms with Gasteiger partial charge in [-0.25, -0.2) is 15.0 Å². The molecule has 0 amide bonds. The molecule has 0 atom stereocenters. The van der Waals surface area contributed by atoms with E-state index in [1.54, 1.807) is 0 Å². The molecule has 0 fully saturated rings. The summed E-state index contributed by atoms with van der Waals surface area (Å²) in [6.45, 7) is 8.66. The predicted molar refractivity (Wildman–Crippen MR) is 197 cm³/mol. The Hall–Kier alpha value is -5.09. The number of benzene rings is 4. The third-order valence-corrected chi connectivity index (χ3v) is 8.64. The van der Waals surface area contributed by atoms with Gasteiger partial charge in [0, 0.05) is 35.4 Å². The van der Waals surface area contributed by atoms with E-state index in [1.165, 1.54) is 23.8 Å². The third-order valence-electron chi connectivity index (χ3n) is 8.64. The van der Waals surface area contributed by atoms with Crippen molar-refractivity contribution < 1.29 is 50.3 Å². The van der Waals surface area contributed by atoms with Crippen LogP contribution >= 0.6 is 0 Å². The molecule has 0 unspecified atom stereocenters. The molecule has 0 saturated heterocycles. The maximum absolute atomic E-state index is 6.33. The minimum absolute atomic E-state index is 0. The number of aromatic nitrogens is 6. The van der Waals surface area contributed by atoms with E-state index < -0.39 is 0 Å². The van der Waals surface area contributed by atoms with Crippen molar-refractivity contribution in [3.8, 4) is 51.5 Å². The second-order valence-electron chi connectivity index (χ2n) is 12.8. The van der Waals surface area contributed by atoms with E-state index in [0.717, 1.165) is 33.3 Å². The fraction of sp³-hybridized carbons (Fsp3) is 0.140. The van der Waals surface area contributed by atoms with Gasteiger partial charge in [0.15, 0.2) is 0 Å². The van der Waals surface area contributed by atoms with Gasteiger partial charge in [-0.15, -0.1) is 71.8 Å². The van der Waals surface area contributed by atoms with E-state index in [4.69, 9.17) is 9.47 Å². The molecule has 53 heavy (non-hydrogen) atoms. The van der Waals surface area contributed by atoms with Crippen molar-refractivity contribution in [1.29, 1.82) is 0 Å². The molecule has 0 aliphatic carbocycles. The first-order valence-corrected chi connectivity index (χ1v) is 16.8. The molecule has 4 aromatic heterocycles. The van der Waals surface area contributed by atoms with Crippen molar-refractivity contribution in [3.63, 3.8) is 0 Å². The molecule has 0 spiro atoms. The Bertz CT molecular complexity index is 2370. The van der Waals surface area contributed by atoms with E-state index in [0.29, 0.717) is 51.8 Å². The summed E-state index contributed by atoms with van der Waals surface area (Å²) in [5.41, 5.74) is 7.24. The maximum Gasteiger partial charge on any atom is 2.00 e. The number of fused-ring (bicyclic) bond motifs is 3. The van der Waals surface area contributed by atoms with E-state index >= 15 is 0 Å². The van der Waals surface area contributed by atoms with E-state index in [-0.39, 0.29) is 40.8 Å². The Balaban J connectivity index is 0.00000240. The van der Waals surface area contributed by atoms with Crippen molar-refractivity contribution in [2.45, 2.75) is 39.5 Å². The minimum Gasteiger partial charge on any atom is -0.503 e. The number of hydrogen-bond donors (Lipinski definition) is 0. The van der Waals surface area contributed by atoms with Crippen LogP contribution in [0.15, 0.2) is 110 Å². The molecule has 0 aliphatic heterocycles. The van der Waals surface area contributed by atoms with E-state index in [2.05, 4.69) is 89.0 Å². The van der Waals surface area contributed by atoms with Gasteiger partial charge in [-0.05, 0) is 35.4 Å². The average molecular weight is 878 g/mol. The molecular formula is C43H32N6O2Pd2. The van der Waals surface area contributed by atoms with Crippen LogP contribution in [0.5, 0.6) is 23.0 Å². The van der Waals surface area contributed by atoms with Crippen LogP contribution < -0.4 is 9.47 Å². The number of rotatable bonds is 9. The molecule has 0 saturated carbocycles. The second-order valence-corrected chi connectivity index (χ2v) is 12.8. The monoisotopic (exact) mass is 876 g/mol. The van der Waals surface area contributed by atoms with Gasteiger partial charge in [0.25, 0.3) is 0 Å². The molecule has 0 radical (unpaired) electrons. The van der Waals surface area contributed by atoms with Crippen LogP contribution in [0.4, 0.5) is 0 Å². The fourth-order valence-electron chi connectivity index (χ4n) is 5.95. The van der Waals surface area contributed by atoms with Gasteiger partial charge >= 0.3 is 40.8 Å². The summed E-state index contributed by atoms with van der Waals surface area (Å²) < 4.78 is 14.6. The summed E-state index contributed by atoms with van der Waals surface area (Å²) in [5, 5.41) is 1.86. The Morgan fingerprint density at radius 3 is 1.43 bits per heavy atom. The van der Waals surface area contributed by atoms with Crippen molar-refractivity contribution in [1.82, 2.24) is 29.5 Å². The van der Waals surface area contributed by atoms with Crippen LogP contribution in [-0.4, -0.2) is 29.5 Å². The van der Waals surface area contributed by atoms with Gasteiger partial charge in [-0.2, -0.15) is 22.9 Å². The Morgan fingerprint density at radius 1 is 0.528 bits per heavy atom. The average Bonchev–Trinajstić information content (AvgIpc) is 3.48. The first kappa shape index (κ1) is 37.7. The summed E-state index contributed by atoms with van der Waals surface area (Å²) in [6, 6.07) is 41.3. The van der Waals surface area contributed by atoms with Crippen LogP contribution in [0.1, 0.15) is 50.7 Å². The van der Waals surface area contributed by atoms with Crippen LogP contribution in [-0.2, 0) is 40.8 Å². The second kappa shape index (κ2) is 16.3. The summed E-state index contributed by atoms with van der Waals surface area (Å²) in [6.07, 6.45) is 6.60. The SMILES string of the molecule is CC(C)c1ccnc(-c2[c-]c(Oc3[c-]c4c(cc3)c3ccc(Oc5[c-]c(-c6cc(C(C)C)ccn6)ccc5)[c-]c3n4-c3ncncn3)ccc2)c1.[Pd+2].[Pd+2]. The predicted octanol–water partition coefficient (Wildman–Crippen LogP) is 10.1. The first-order valence-electron chi connectivity index (χ1n) is 16.8. The van der Waals surface area contributed by atoms with Gasteiger partial charge < -0.3 is 24.0 Å². The minimum atomic E-state index is 0. The molecule has 4 heterocycles. The van der Waals surface area contributed by atoms with Crippen LogP contribution in [0, 0.1) is 24.3 Å². The van der Waals surface area contributed by atoms with Gasteiger partial charge in [0.1, 0.15) is 12.7 Å². The largest absolute Gasteiger partial charge is 2.00 e. The van der Waals surface area contributed by atoms with E-state index in [9.17, 15) is 0 Å². The molecule has 4 aromatic carbocycles. The summed E-state index contributed by atoms with van der Waals surface area (Å²) in [7, 11) is 0. The molecule has 8 aromatic rings. The molecule has 8 rings (SSSR count). The normalized spacial score (nSPS) is 11.1. The van der Waals surface area contributed by atoms with E-state index in [1.807, 2.05) is 89.8 Å². The third kappa shape index (κ3) is 7.98. The molecular weight excluding hydrogens is 845 g/mol. The van der Waals surface area contributed by atoms with Crippen LogP contribution in [0.25, 0.3) is 50.3 Å². The zero-order valence-corrected chi connectivity index (χ0v) is 32.3. The molecule has 10 heteroatoms. The Morgan fingerprint density at radius 2 is 0.981 bits per heavy atom. The first-order chi connectivity index (χ1) is 24.9. The van der Waals surface area contributed by atoms with Gasteiger partial charge in [0.2, 0.25) is 5.95 Å². The number of nitrogens with zero attached hydrogens (tertiary/aromatic N) is 6. The maximum atomic E-state index is 6.33. The topological polar surface area (TPSA) is 87.8 Å². The van der Waals surface area contributed by atoms with Crippen molar-refractivity contribution in [2.75, 3.05) is 0 Å². The summed E-state index contributed by atoms with van der Waals surface area (Å²) in [4.78, 5) is 22.1. The summed E-state index contributed by atoms with van der Waals surface area (Å²) >= 11 is 0. The van der Waals surface area contributed by atoms with Crippen molar-refractivity contribution in [2.24, 2.45) is 0 Å². The van der Waals surface area contributed by atoms with Gasteiger partial charge in [-0.3, -0.25) is 0 Å².